The largest absolute Gasteiger partial charge is 0.508 e. The van der Waals surface area contributed by atoms with Gasteiger partial charge in [0, 0.05) is 119 Å². The van der Waals surface area contributed by atoms with Crippen molar-refractivity contribution in [2.45, 2.75) is 221 Å². The minimum atomic E-state index is -2.00. The van der Waals surface area contributed by atoms with E-state index in [1.807, 2.05) is 0 Å². The number of aromatic hydroxyl groups is 1. The second kappa shape index (κ2) is 49.1. The molecule has 3 aromatic carbocycles. The third-order valence-corrected chi connectivity index (χ3v) is 24.4. The SMILES string of the molecule is CCCC[C@H]1C(=O)N(C)[C@@H](CCCC)C(=O)N[C@@H](CCC(=O)O)C(=O)N[C@H](C(=O)NCC(N)=O)CSCC(=O)N[C@@H](Cc2ccc(O)cc2)C(=O)N(C)[C@@H](C)C(=O)N[C@@H](CC(=O)O)C(=O)N2CCC[C@H]2C(=O)N[C@@H](CO)C(=O)N[C@@H](CCC(=O)O)C(=O)N2C[C@H](O)C[C@H]2C(=O)C[C@@H](Cc2c[nH]c3ccccc23)C(=O)N[C@@H](CO)C(=O)N[C@@H](Cc2c[nH]c3ccccc23)C(=O)N1C. The van der Waals surface area contributed by atoms with Gasteiger partial charge in [-0.05, 0) is 92.8 Å². The Morgan fingerprint density at radius 1 is 0.519 bits per heavy atom. The number of aromatic amines is 2. The number of carbonyl (C=O) groups is 19. The van der Waals surface area contributed by atoms with E-state index >= 15 is 33.6 Å². The Labute approximate surface area is 757 Å². The van der Waals surface area contributed by atoms with Gasteiger partial charge in [0.25, 0.3) is 0 Å². The summed E-state index contributed by atoms with van der Waals surface area (Å²) in [4.78, 5) is 282. The number of rotatable bonds is 25. The highest BCUT2D eigenvalue weighted by molar-refractivity contribution is 8.00. The molecule has 3 aliphatic rings. The number of carbonyl (C=O) groups excluding carboxylic acids is 16. The normalized spacial score (nSPS) is 25.2. The number of thioether (sulfide) groups is 1. The number of aliphatic hydroxyl groups is 3. The fraction of sp³-hybridized carbons (Fsp3) is 0.529. The summed E-state index contributed by atoms with van der Waals surface area (Å²) in [5, 5.41) is 96.7. The number of carboxylic acid groups (broad SMARTS) is 3. The monoisotopic (exact) mass is 1850 g/mol. The number of benzene rings is 3. The van der Waals surface area contributed by atoms with Gasteiger partial charge in [-0.3, -0.25) is 91.1 Å². The molecule has 8 rings (SSSR count). The number of primary amides is 1. The number of ketones is 1. The average Bonchev–Trinajstić information content (AvgIpc) is 1.80. The summed E-state index contributed by atoms with van der Waals surface area (Å²) in [6, 6.07) is -3.12. The number of H-pyrrole nitrogens is 2. The van der Waals surface area contributed by atoms with Crippen molar-refractivity contribution >= 4 is 146 Å². The highest BCUT2D eigenvalue weighted by Gasteiger charge is 2.47. The van der Waals surface area contributed by atoms with Crippen LogP contribution in [0.25, 0.3) is 21.8 Å². The van der Waals surface area contributed by atoms with Gasteiger partial charge in [-0.1, -0.05) is 88.1 Å². The first-order valence-electron chi connectivity index (χ1n) is 43.2. The van der Waals surface area contributed by atoms with E-state index in [0.717, 1.165) is 31.5 Å². The van der Waals surface area contributed by atoms with E-state index in [1.165, 1.54) is 45.3 Å². The van der Waals surface area contributed by atoms with Crippen molar-refractivity contribution in [2.24, 2.45) is 11.7 Å². The molecular weight excluding hydrogens is 1730 g/mol. The van der Waals surface area contributed by atoms with Crippen LogP contribution in [0.3, 0.4) is 0 Å². The number of hydrogen-bond acceptors (Lipinski definition) is 24. The molecule has 3 saturated heterocycles. The van der Waals surface area contributed by atoms with Crippen LogP contribution in [0.1, 0.15) is 134 Å². The van der Waals surface area contributed by atoms with Crippen LogP contribution in [0, 0.1) is 5.92 Å². The van der Waals surface area contributed by atoms with E-state index in [0.29, 0.717) is 63.1 Å². The summed E-state index contributed by atoms with van der Waals surface area (Å²) in [6.45, 7) is 0.763. The molecule has 0 radical (unpaired) electrons. The van der Waals surface area contributed by atoms with Crippen LogP contribution in [0.4, 0.5) is 0 Å². The van der Waals surface area contributed by atoms with Crippen LogP contribution in [0.2, 0.25) is 0 Å². The Hall–Kier alpha value is -13.1. The standard InChI is InChI=1S/C87H117N17O26S/c1-7-9-20-65-81(124)93-57(27-29-72(112)113)78(121)99-64(77(120)91-40-70(88)110)44-131-45-71(111)92-59(32-47-23-25-51(107)26-24-47)83(126)100(4)46(3)75(118)95-61(37-74(116)117)86(129)103-31-15-22-66(103)82(125)98-63(43-106)79(122)94-58(28-30-73(114)115)85(128)104-41-52(108)36-68(104)69(109)35-48(33-49-38-89-55-18-13-11-16-53(49)55)76(119)97-62(42-105)80(123)96-60(34-50-39-90-56-19-14-12-17-54(50)56)84(127)102(6)67(21-10-8-2)87(130)101(65)5/h11-14,16-19,23-26,38-39,46,48,52,57-68,89-90,105-108H,7-10,15,20-22,27-37,40-45H2,1-6H3,(H2,88,110)(H,91,120)(H,92,111)(H,93,124)(H,94,122)(H,95,118)(H,96,123)(H,97,119)(H,98,125)(H,99,121)(H,112,113)(H,114,115)(H,116,117)/t46-,48+,52+,57-,58-,59-,60-,61-,62-,63-,64-,65-,66-,67-,68-/m0/s1. The topological polar surface area (TPSA) is 648 Å². The summed E-state index contributed by atoms with van der Waals surface area (Å²) < 4.78 is 0. The van der Waals surface area contributed by atoms with E-state index in [-0.39, 0.29) is 70.1 Å². The molecule has 5 heterocycles. The molecule has 0 aliphatic carbocycles. The number of carboxylic acids is 3. The molecule has 131 heavy (non-hydrogen) atoms. The van der Waals surface area contributed by atoms with Gasteiger partial charge in [0.05, 0.1) is 44.1 Å². The number of unbranched alkanes of at least 4 members (excludes halogenated alkanes) is 2. The molecule has 0 saturated carbocycles. The minimum absolute atomic E-state index is 0.0649. The number of aromatic nitrogens is 2. The van der Waals surface area contributed by atoms with Gasteiger partial charge < -0.3 is 124 Å². The molecule has 3 fully saturated rings. The molecule has 0 bridgehead atoms. The van der Waals surface area contributed by atoms with E-state index in [2.05, 4.69) is 57.8 Å². The first-order valence-corrected chi connectivity index (χ1v) is 44.4. The number of aliphatic hydroxyl groups excluding tert-OH is 3. The number of nitrogens with two attached hydrogens (primary N) is 1. The Kier molecular flexibility index (Phi) is 38.7. The molecule has 0 spiro atoms. The van der Waals surface area contributed by atoms with Crippen molar-refractivity contribution in [3.05, 3.63) is 102 Å². The Bertz CT molecular complexity index is 4990. The molecule has 20 N–H and O–H groups in total. The van der Waals surface area contributed by atoms with Crippen LogP contribution < -0.4 is 53.6 Å². The number of fused-ring (bicyclic) bond motifs is 4. The van der Waals surface area contributed by atoms with Gasteiger partial charge >= 0.3 is 17.9 Å². The highest BCUT2D eigenvalue weighted by Crippen LogP contribution is 2.30. The number of para-hydroxylation sites is 2. The number of amides is 15. The van der Waals surface area contributed by atoms with Crippen LogP contribution >= 0.6 is 11.8 Å². The van der Waals surface area contributed by atoms with Gasteiger partial charge in [0.2, 0.25) is 88.6 Å². The quantitative estimate of drug-likeness (QED) is 0.0281. The van der Waals surface area contributed by atoms with Gasteiger partial charge in [0.15, 0.2) is 5.78 Å². The lowest BCUT2D eigenvalue weighted by Crippen LogP contribution is -2.61. The number of aliphatic carboxylic acids is 3. The first kappa shape index (κ1) is 103. The van der Waals surface area contributed by atoms with Crippen LogP contribution in [0.5, 0.6) is 5.75 Å². The zero-order valence-corrected chi connectivity index (χ0v) is 74.3. The molecule has 5 aromatic rings. The number of nitrogens with one attached hydrogen (secondary N) is 11. The number of likely N-dealkylation sites (N-methyl/N-ethyl adjacent to an activating group) is 3. The van der Waals surface area contributed by atoms with Crippen molar-refractivity contribution in [3.8, 4) is 5.75 Å². The van der Waals surface area contributed by atoms with Crippen molar-refractivity contribution in [1.82, 2.24) is 82.3 Å². The molecular formula is C87H117N17O26S. The van der Waals surface area contributed by atoms with E-state index < -0.39 is 286 Å². The molecule has 15 atom stereocenters. The summed E-state index contributed by atoms with van der Waals surface area (Å²) in [5.41, 5.74) is 7.84. The molecule has 712 valence electrons. The maximum Gasteiger partial charge on any atom is 0.305 e. The summed E-state index contributed by atoms with van der Waals surface area (Å²) in [6.07, 6.45) is -3.41. The fourth-order valence-corrected chi connectivity index (χ4v) is 16.8. The predicted molar refractivity (Wildman–Crippen MR) is 469 cm³/mol. The van der Waals surface area contributed by atoms with Crippen molar-refractivity contribution in [3.63, 3.8) is 0 Å². The highest BCUT2D eigenvalue weighted by atomic mass is 32.2. The summed E-state index contributed by atoms with van der Waals surface area (Å²) >= 11 is 0.676. The predicted octanol–water partition coefficient (Wildman–Crippen LogP) is -2.79. The Balaban J connectivity index is 1.19. The lowest BCUT2D eigenvalue weighted by atomic mass is 9.90. The van der Waals surface area contributed by atoms with Crippen LogP contribution in [-0.4, -0.2) is 333 Å². The van der Waals surface area contributed by atoms with Crippen molar-refractivity contribution in [2.75, 3.05) is 65.5 Å². The van der Waals surface area contributed by atoms with Gasteiger partial charge in [0.1, 0.15) is 78.3 Å². The molecule has 15 amide bonds. The van der Waals surface area contributed by atoms with Crippen LogP contribution in [-0.2, 0) is 110 Å². The lowest BCUT2D eigenvalue weighted by Gasteiger charge is -2.36. The number of hydrogen-bond donors (Lipinski definition) is 19. The number of phenolic OH excluding ortho intramolecular Hbond substituents is 1. The third-order valence-electron chi connectivity index (χ3n) is 23.4. The Morgan fingerprint density at radius 3 is 1.61 bits per heavy atom. The molecule has 44 heteroatoms. The molecule has 3 aliphatic heterocycles. The van der Waals surface area contributed by atoms with Gasteiger partial charge in [-0.15, -0.1) is 11.8 Å². The lowest BCUT2D eigenvalue weighted by molar-refractivity contribution is -0.149. The second-order valence-corrected chi connectivity index (χ2v) is 33.9. The zero-order valence-electron chi connectivity index (χ0n) is 73.5. The van der Waals surface area contributed by atoms with E-state index in [9.17, 15) is 93.3 Å². The van der Waals surface area contributed by atoms with E-state index in [1.54, 1.807) is 74.8 Å². The number of Topliss-reactive ketones (excluding diaryl/α,β-unsaturated/α-hetero) is 1. The summed E-state index contributed by atoms with van der Waals surface area (Å²) in [5.74, 6) is -24.3. The minimum Gasteiger partial charge on any atom is -0.508 e. The summed E-state index contributed by atoms with van der Waals surface area (Å²) in [7, 11) is 3.69. The Morgan fingerprint density at radius 2 is 1.03 bits per heavy atom. The second-order valence-electron chi connectivity index (χ2n) is 32.9. The van der Waals surface area contributed by atoms with Gasteiger partial charge in [-0.2, -0.15) is 0 Å². The average molecular weight is 1850 g/mol. The number of phenols is 1. The van der Waals surface area contributed by atoms with Crippen LogP contribution in [0.15, 0.2) is 85.2 Å². The van der Waals surface area contributed by atoms with E-state index in [4.69, 9.17) is 5.73 Å². The smallest absolute Gasteiger partial charge is 0.305 e. The maximum absolute atomic E-state index is 15.6. The van der Waals surface area contributed by atoms with Crippen molar-refractivity contribution in [1.29, 1.82) is 0 Å². The molecule has 0 unspecified atom stereocenters. The van der Waals surface area contributed by atoms with Gasteiger partial charge in [-0.25, -0.2) is 0 Å². The maximum atomic E-state index is 15.6. The molecule has 43 nitrogen and oxygen atoms in total. The fourth-order valence-electron chi connectivity index (χ4n) is 16.0. The molecule has 2 aromatic heterocycles. The first-order chi connectivity index (χ1) is 62.3. The number of nitrogens with zero attached hydrogens (tertiary/aromatic N) is 5. The third kappa shape index (κ3) is 28.7. The van der Waals surface area contributed by atoms with Crippen molar-refractivity contribution < 1.29 is 127 Å². The zero-order chi connectivity index (χ0) is 96.2.